The van der Waals surface area contributed by atoms with Crippen molar-refractivity contribution in [2.45, 2.75) is 63.6 Å². The van der Waals surface area contributed by atoms with Crippen LogP contribution in [0.5, 0.6) is 11.5 Å². The van der Waals surface area contributed by atoms with Crippen molar-refractivity contribution in [1.82, 2.24) is 10.6 Å². The van der Waals surface area contributed by atoms with Gasteiger partial charge in [0.25, 0.3) is 5.91 Å². The number of benzene rings is 1. The molecule has 3 aliphatic rings. The Kier molecular flexibility index (Phi) is 5.23. The van der Waals surface area contributed by atoms with E-state index in [1.54, 1.807) is 0 Å². The van der Waals surface area contributed by atoms with Crippen LogP contribution in [0.15, 0.2) is 24.3 Å². The monoisotopic (exact) mass is 372 g/mol. The van der Waals surface area contributed by atoms with Crippen molar-refractivity contribution in [3.63, 3.8) is 0 Å². The molecule has 2 N–H and O–H groups in total. The number of nitrogens with one attached hydrogen (secondary N) is 2. The molecule has 6 heteroatoms. The number of carbonyl (C=O) groups excluding carboxylic acids is 2. The first-order chi connectivity index (χ1) is 13.1. The number of carbonyl (C=O) groups is 2. The lowest BCUT2D eigenvalue weighted by molar-refractivity contribution is -0.131. The number of piperidine rings is 1. The first-order valence-corrected chi connectivity index (χ1v) is 10.1. The van der Waals surface area contributed by atoms with E-state index in [-0.39, 0.29) is 30.5 Å². The molecule has 2 heterocycles. The summed E-state index contributed by atoms with van der Waals surface area (Å²) in [6.45, 7) is 2.40. The van der Waals surface area contributed by atoms with Crippen molar-refractivity contribution in [1.29, 1.82) is 0 Å². The SMILES string of the molecule is CCCC1CC(=O)NC2CC(NC(=O)C3COc4ccccc4O3)CCC12. The molecule has 2 aliphatic heterocycles. The summed E-state index contributed by atoms with van der Waals surface area (Å²) in [7, 11) is 0. The van der Waals surface area contributed by atoms with Gasteiger partial charge in [0.2, 0.25) is 12.0 Å². The lowest BCUT2D eigenvalue weighted by Crippen LogP contribution is -2.56. The van der Waals surface area contributed by atoms with Crippen molar-refractivity contribution in [2.24, 2.45) is 11.8 Å². The van der Waals surface area contributed by atoms with Crippen LogP contribution in [0.1, 0.15) is 45.4 Å². The fraction of sp³-hybridized carbons (Fsp3) is 0.619. The van der Waals surface area contributed by atoms with E-state index in [0.29, 0.717) is 29.8 Å². The number of amides is 2. The molecule has 6 nitrogen and oxygen atoms in total. The van der Waals surface area contributed by atoms with Gasteiger partial charge in [-0.2, -0.15) is 0 Å². The molecule has 1 aromatic carbocycles. The fourth-order valence-electron chi connectivity index (χ4n) is 4.84. The Labute approximate surface area is 160 Å². The summed E-state index contributed by atoms with van der Waals surface area (Å²) in [6, 6.07) is 7.63. The minimum atomic E-state index is -0.633. The predicted octanol–water partition coefficient (Wildman–Crippen LogP) is 2.42. The van der Waals surface area contributed by atoms with Gasteiger partial charge in [-0.05, 0) is 49.7 Å². The standard InChI is InChI=1S/C21H28N2O4/c1-2-5-13-10-20(24)23-16-11-14(8-9-15(13)16)22-21(25)19-12-26-17-6-3-4-7-18(17)27-19/h3-4,6-7,13-16,19H,2,5,8-12H2,1H3,(H,22,25)(H,23,24). The van der Waals surface area contributed by atoms with Crippen molar-refractivity contribution in [3.8, 4) is 11.5 Å². The highest BCUT2D eigenvalue weighted by molar-refractivity contribution is 5.82. The average molecular weight is 372 g/mol. The van der Waals surface area contributed by atoms with Crippen LogP contribution in [-0.4, -0.2) is 36.6 Å². The molecule has 4 rings (SSSR count). The first-order valence-electron chi connectivity index (χ1n) is 10.1. The summed E-state index contributed by atoms with van der Waals surface area (Å²) in [5.41, 5.74) is 0. The molecule has 0 bridgehead atoms. The Hall–Kier alpha value is -2.24. The Bertz CT molecular complexity index is 707. The van der Waals surface area contributed by atoms with E-state index >= 15 is 0 Å². The van der Waals surface area contributed by atoms with E-state index < -0.39 is 6.10 Å². The highest BCUT2D eigenvalue weighted by Gasteiger charge is 2.41. The third-order valence-electron chi connectivity index (χ3n) is 6.11. The largest absolute Gasteiger partial charge is 0.485 e. The maximum atomic E-state index is 12.7. The topological polar surface area (TPSA) is 76.7 Å². The molecule has 0 aromatic heterocycles. The van der Waals surface area contributed by atoms with Crippen molar-refractivity contribution in [3.05, 3.63) is 24.3 Å². The molecule has 1 saturated carbocycles. The van der Waals surface area contributed by atoms with Gasteiger partial charge in [-0.15, -0.1) is 0 Å². The highest BCUT2D eigenvalue weighted by Crippen LogP contribution is 2.38. The van der Waals surface area contributed by atoms with E-state index in [2.05, 4.69) is 17.6 Å². The molecule has 2 fully saturated rings. The molecule has 1 saturated heterocycles. The minimum Gasteiger partial charge on any atom is -0.485 e. The number of hydrogen-bond acceptors (Lipinski definition) is 4. The molecule has 27 heavy (non-hydrogen) atoms. The maximum Gasteiger partial charge on any atom is 0.264 e. The van der Waals surface area contributed by atoms with Crippen molar-refractivity contribution < 1.29 is 19.1 Å². The molecule has 1 aromatic rings. The van der Waals surface area contributed by atoms with Crippen LogP contribution in [-0.2, 0) is 9.59 Å². The average Bonchev–Trinajstić information content (AvgIpc) is 2.67. The Balaban J connectivity index is 1.34. The van der Waals surface area contributed by atoms with Gasteiger partial charge in [0.05, 0.1) is 0 Å². The molecule has 0 radical (unpaired) electrons. The summed E-state index contributed by atoms with van der Waals surface area (Å²) in [4.78, 5) is 24.7. The van der Waals surface area contributed by atoms with Crippen LogP contribution in [0.3, 0.4) is 0 Å². The zero-order chi connectivity index (χ0) is 18.8. The molecule has 146 valence electrons. The second-order valence-corrected chi connectivity index (χ2v) is 7.97. The van der Waals surface area contributed by atoms with E-state index in [1.807, 2.05) is 24.3 Å². The van der Waals surface area contributed by atoms with Gasteiger partial charge >= 0.3 is 0 Å². The van der Waals surface area contributed by atoms with Gasteiger partial charge in [0, 0.05) is 18.5 Å². The molecule has 5 atom stereocenters. The highest BCUT2D eigenvalue weighted by atomic mass is 16.6. The quantitative estimate of drug-likeness (QED) is 0.851. The van der Waals surface area contributed by atoms with Gasteiger partial charge in [0.1, 0.15) is 6.61 Å². The summed E-state index contributed by atoms with van der Waals surface area (Å²) < 4.78 is 11.4. The zero-order valence-corrected chi connectivity index (χ0v) is 15.8. The van der Waals surface area contributed by atoms with Gasteiger partial charge in [-0.1, -0.05) is 25.5 Å². The first kappa shape index (κ1) is 18.1. The summed E-state index contributed by atoms with van der Waals surface area (Å²) in [5, 5.41) is 6.28. The van der Waals surface area contributed by atoms with E-state index in [0.717, 1.165) is 32.1 Å². The maximum absolute atomic E-state index is 12.7. The predicted molar refractivity (Wildman–Crippen MR) is 101 cm³/mol. The smallest absolute Gasteiger partial charge is 0.264 e. The number of para-hydroxylation sites is 2. The Morgan fingerprint density at radius 2 is 2.07 bits per heavy atom. The zero-order valence-electron chi connectivity index (χ0n) is 15.8. The van der Waals surface area contributed by atoms with E-state index in [4.69, 9.17) is 9.47 Å². The van der Waals surface area contributed by atoms with Crippen LogP contribution in [0, 0.1) is 11.8 Å². The second-order valence-electron chi connectivity index (χ2n) is 7.97. The lowest BCUT2D eigenvalue weighted by Gasteiger charge is -2.44. The summed E-state index contributed by atoms with van der Waals surface area (Å²) in [6.07, 6.45) is 5.04. The summed E-state index contributed by atoms with van der Waals surface area (Å²) >= 11 is 0. The van der Waals surface area contributed by atoms with Gasteiger partial charge in [0.15, 0.2) is 11.5 Å². The van der Waals surface area contributed by atoms with Gasteiger partial charge in [-0.25, -0.2) is 0 Å². The van der Waals surface area contributed by atoms with Crippen LogP contribution >= 0.6 is 0 Å². The third kappa shape index (κ3) is 3.89. The number of hydrogen-bond donors (Lipinski definition) is 2. The van der Waals surface area contributed by atoms with E-state index in [9.17, 15) is 9.59 Å². The number of ether oxygens (including phenoxy) is 2. The van der Waals surface area contributed by atoms with Crippen LogP contribution < -0.4 is 20.1 Å². The minimum absolute atomic E-state index is 0.0696. The van der Waals surface area contributed by atoms with Crippen LogP contribution in [0.25, 0.3) is 0 Å². The Morgan fingerprint density at radius 1 is 1.26 bits per heavy atom. The van der Waals surface area contributed by atoms with Crippen molar-refractivity contribution >= 4 is 11.8 Å². The second kappa shape index (κ2) is 7.79. The molecule has 0 spiro atoms. The van der Waals surface area contributed by atoms with Crippen LogP contribution in [0.2, 0.25) is 0 Å². The summed E-state index contributed by atoms with van der Waals surface area (Å²) in [5.74, 6) is 2.32. The molecule has 1 aliphatic carbocycles. The fourth-order valence-corrected chi connectivity index (χ4v) is 4.84. The van der Waals surface area contributed by atoms with Gasteiger partial charge < -0.3 is 20.1 Å². The number of rotatable bonds is 4. The molecule has 2 amide bonds. The molecular formula is C21H28N2O4. The Morgan fingerprint density at radius 3 is 2.89 bits per heavy atom. The lowest BCUT2D eigenvalue weighted by atomic mass is 9.70. The van der Waals surface area contributed by atoms with Gasteiger partial charge in [-0.3, -0.25) is 9.59 Å². The number of fused-ring (bicyclic) bond motifs is 2. The molecule has 5 unspecified atom stereocenters. The normalized spacial score (nSPS) is 32.2. The molecular weight excluding hydrogens is 344 g/mol. The third-order valence-corrected chi connectivity index (χ3v) is 6.11. The van der Waals surface area contributed by atoms with Crippen molar-refractivity contribution in [2.75, 3.05) is 6.61 Å². The van der Waals surface area contributed by atoms with E-state index in [1.165, 1.54) is 0 Å². The van der Waals surface area contributed by atoms with Crippen LogP contribution in [0.4, 0.5) is 0 Å².